The van der Waals surface area contributed by atoms with E-state index in [1.807, 2.05) is 0 Å². The minimum absolute atomic E-state index is 0.176. The summed E-state index contributed by atoms with van der Waals surface area (Å²) in [5.74, 6) is 0.363. The molecule has 17 heavy (non-hydrogen) atoms. The van der Waals surface area contributed by atoms with Gasteiger partial charge in [0.2, 0.25) is 0 Å². The largest absolute Gasteiger partial charge is 0.325 e. The highest BCUT2D eigenvalue weighted by Crippen LogP contribution is 2.30. The van der Waals surface area contributed by atoms with E-state index in [1.54, 1.807) is 0 Å². The summed E-state index contributed by atoms with van der Waals surface area (Å²) in [5, 5.41) is 0. The van der Waals surface area contributed by atoms with E-state index in [4.69, 9.17) is 5.73 Å². The Labute approximate surface area is 105 Å². The summed E-state index contributed by atoms with van der Waals surface area (Å²) >= 11 is 0. The van der Waals surface area contributed by atoms with Crippen LogP contribution in [0.4, 0.5) is 0 Å². The van der Waals surface area contributed by atoms with Crippen LogP contribution in [0.25, 0.3) is 0 Å². The standard InChI is InChI=1S/C15H25NO/c16-15(9-5-2-6-10-15)12-14(17)11-13-7-3-1-4-8-13/h7H,1-6,8-12,16H2. The second kappa shape index (κ2) is 5.81. The topological polar surface area (TPSA) is 43.1 Å². The van der Waals surface area contributed by atoms with E-state index in [2.05, 4.69) is 6.08 Å². The summed E-state index contributed by atoms with van der Waals surface area (Å²) in [5.41, 5.74) is 7.51. The van der Waals surface area contributed by atoms with E-state index in [-0.39, 0.29) is 5.54 Å². The van der Waals surface area contributed by atoms with E-state index in [0.717, 1.165) is 25.7 Å². The number of hydrogen-bond acceptors (Lipinski definition) is 2. The molecule has 2 rings (SSSR count). The zero-order chi connectivity index (χ0) is 12.1. The van der Waals surface area contributed by atoms with Crippen LogP contribution in [-0.2, 0) is 4.79 Å². The zero-order valence-electron chi connectivity index (χ0n) is 10.8. The van der Waals surface area contributed by atoms with Gasteiger partial charge < -0.3 is 5.73 Å². The third kappa shape index (κ3) is 3.95. The number of hydrogen-bond donors (Lipinski definition) is 1. The van der Waals surface area contributed by atoms with Crippen LogP contribution in [0.15, 0.2) is 11.6 Å². The normalized spacial score (nSPS) is 24.2. The molecule has 2 aliphatic rings. The Morgan fingerprint density at radius 2 is 1.94 bits per heavy atom. The summed E-state index contributed by atoms with van der Waals surface area (Å²) < 4.78 is 0. The zero-order valence-corrected chi connectivity index (χ0v) is 10.8. The molecule has 0 aromatic heterocycles. The van der Waals surface area contributed by atoms with Crippen molar-refractivity contribution >= 4 is 5.78 Å². The number of Topliss-reactive ketones (excluding diaryl/α,β-unsaturated/α-hetero) is 1. The van der Waals surface area contributed by atoms with E-state index in [0.29, 0.717) is 18.6 Å². The first-order valence-electron chi connectivity index (χ1n) is 7.16. The molecule has 2 N–H and O–H groups in total. The number of nitrogens with two attached hydrogens (primary N) is 1. The van der Waals surface area contributed by atoms with Crippen molar-refractivity contribution in [3.63, 3.8) is 0 Å². The number of carbonyl (C=O) groups is 1. The molecule has 0 spiro atoms. The fourth-order valence-electron chi connectivity index (χ4n) is 3.21. The second-order valence-electron chi connectivity index (χ2n) is 5.92. The van der Waals surface area contributed by atoms with Crippen LogP contribution in [0.5, 0.6) is 0 Å². The van der Waals surface area contributed by atoms with Gasteiger partial charge in [0.15, 0.2) is 0 Å². The van der Waals surface area contributed by atoms with Crippen molar-refractivity contribution in [2.75, 3.05) is 0 Å². The molecule has 0 amide bonds. The van der Waals surface area contributed by atoms with Crippen molar-refractivity contribution in [1.82, 2.24) is 0 Å². The van der Waals surface area contributed by atoms with Gasteiger partial charge in [-0.05, 0) is 38.5 Å². The van der Waals surface area contributed by atoms with Gasteiger partial charge in [-0.2, -0.15) is 0 Å². The molecule has 2 heteroatoms. The SMILES string of the molecule is NC1(CC(=O)CC2=CCCCC2)CCCCC1. The fourth-order valence-corrected chi connectivity index (χ4v) is 3.21. The molecular weight excluding hydrogens is 210 g/mol. The molecule has 1 saturated carbocycles. The Morgan fingerprint density at radius 3 is 2.59 bits per heavy atom. The molecule has 0 radical (unpaired) electrons. The molecule has 0 aliphatic heterocycles. The lowest BCUT2D eigenvalue weighted by Crippen LogP contribution is -2.43. The number of ketones is 1. The van der Waals surface area contributed by atoms with Gasteiger partial charge in [0.05, 0.1) is 0 Å². The predicted octanol–water partition coefficient (Wildman–Crippen LogP) is 3.50. The molecule has 2 nitrogen and oxygen atoms in total. The van der Waals surface area contributed by atoms with E-state index in [1.165, 1.54) is 37.7 Å². The van der Waals surface area contributed by atoms with Crippen molar-refractivity contribution in [2.24, 2.45) is 5.73 Å². The van der Waals surface area contributed by atoms with Gasteiger partial charge in [0, 0.05) is 18.4 Å². The highest BCUT2D eigenvalue weighted by molar-refractivity contribution is 5.82. The van der Waals surface area contributed by atoms with Gasteiger partial charge in [0.25, 0.3) is 0 Å². The first-order chi connectivity index (χ1) is 8.18. The Hall–Kier alpha value is -0.630. The van der Waals surface area contributed by atoms with Crippen LogP contribution in [0.1, 0.15) is 70.6 Å². The van der Waals surface area contributed by atoms with Crippen LogP contribution in [0, 0.1) is 0 Å². The van der Waals surface area contributed by atoms with Gasteiger partial charge >= 0.3 is 0 Å². The summed E-state index contributed by atoms with van der Waals surface area (Å²) in [7, 11) is 0. The van der Waals surface area contributed by atoms with Crippen molar-refractivity contribution < 1.29 is 4.79 Å². The lowest BCUT2D eigenvalue weighted by atomic mass is 9.78. The first kappa shape index (κ1) is 12.8. The third-order valence-electron chi connectivity index (χ3n) is 4.21. The minimum Gasteiger partial charge on any atom is -0.325 e. The molecule has 0 aromatic rings. The molecule has 0 bridgehead atoms. The van der Waals surface area contributed by atoms with Crippen molar-refractivity contribution in [2.45, 2.75) is 76.2 Å². The average Bonchev–Trinajstić information content (AvgIpc) is 2.30. The monoisotopic (exact) mass is 235 g/mol. The fraction of sp³-hybridized carbons (Fsp3) is 0.800. The summed E-state index contributed by atoms with van der Waals surface area (Å²) in [6.07, 6.45) is 14.1. The molecule has 0 atom stereocenters. The molecular formula is C15H25NO. The highest BCUT2D eigenvalue weighted by atomic mass is 16.1. The maximum absolute atomic E-state index is 12.1. The lowest BCUT2D eigenvalue weighted by molar-refractivity contribution is -0.119. The maximum atomic E-state index is 12.1. The maximum Gasteiger partial charge on any atom is 0.138 e. The van der Waals surface area contributed by atoms with Gasteiger partial charge in [-0.15, -0.1) is 0 Å². The van der Waals surface area contributed by atoms with E-state index in [9.17, 15) is 4.79 Å². The Morgan fingerprint density at radius 1 is 1.18 bits per heavy atom. The summed E-state index contributed by atoms with van der Waals surface area (Å²) in [6.45, 7) is 0. The van der Waals surface area contributed by atoms with Crippen LogP contribution in [0.3, 0.4) is 0 Å². The van der Waals surface area contributed by atoms with Crippen LogP contribution in [0.2, 0.25) is 0 Å². The smallest absolute Gasteiger partial charge is 0.138 e. The molecule has 0 heterocycles. The highest BCUT2D eigenvalue weighted by Gasteiger charge is 2.29. The van der Waals surface area contributed by atoms with Gasteiger partial charge in [-0.3, -0.25) is 4.79 Å². The minimum atomic E-state index is -0.176. The van der Waals surface area contributed by atoms with Gasteiger partial charge in [0.1, 0.15) is 5.78 Å². The lowest BCUT2D eigenvalue weighted by Gasteiger charge is -2.33. The van der Waals surface area contributed by atoms with Gasteiger partial charge in [-0.1, -0.05) is 30.9 Å². The first-order valence-corrected chi connectivity index (χ1v) is 7.16. The molecule has 0 saturated heterocycles. The van der Waals surface area contributed by atoms with Crippen molar-refractivity contribution in [3.05, 3.63) is 11.6 Å². The van der Waals surface area contributed by atoms with E-state index >= 15 is 0 Å². The Kier molecular flexibility index (Phi) is 4.38. The average molecular weight is 235 g/mol. The molecule has 0 unspecified atom stereocenters. The molecule has 96 valence electrons. The van der Waals surface area contributed by atoms with Crippen LogP contribution in [-0.4, -0.2) is 11.3 Å². The second-order valence-corrected chi connectivity index (χ2v) is 5.92. The Bertz CT molecular complexity index is 300. The summed E-state index contributed by atoms with van der Waals surface area (Å²) in [4.78, 5) is 12.1. The predicted molar refractivity (Wildman–Crippen MR) is 70.8 cm³/mol. The Balaban J connectivity index is 1.81. The molecule has 2 aliphatic carbocycles. The summed E-state index contributed by atoms with van der Waals surface area (Å²) in [6, 6.07) is 0. The van der Waals surface area contributed by atoms with Crippen molar-refractivity contribution in [3.8, 4) is 0 Å². The van der Waals surface area contributed by atoms with Gasteiger partial charge in [-0.25, -0.2) is 0 Å². The van der Waals surface area contributed by atoms with Crippen molar-refractivity contribution in [1.29, 1.82) is 0 Å². The third-order valence-corrected chi connectivity index (χ3v) is 4.21. The molecule has 1 fully saturated rings. The van der Waals surface area contributed by atoms with Crippen LogP contribution >= 0.6 is 0 Å². The number of allylic oxidation sites excluding steroid dienone is 2. The number of rotatable bonds is 4. The van der Waals surface area contributed by atoms with Crippen LogP contribution < -0.4 is 5.73 Å². The van der Waals surface area contributed by atoms with E-state index < -0.39 is 0 Å². The molecule has 0 aromatic carbocycles. The number of carbonyl (C=O) groups excluding carboxylic acids is 1. The quantitative estimate of drug-likeness (QED) is 0.758.